The summed E-state index contributed by atoms with van der Waals surface area (Å²) in [6.07, 6.45) is 1.67. The van der Waals surface area contributed by atoms with Gasteiger partial charge in [0.25, 0.3) is 0 Å². The molecular formula is C17H15N7. The molecule has 0 atom stereocenters. The first-order valence-corrected chi connectivity index (χ1v) is 7.59. The third-order valence-corrected chi connectivity index (χ3v) is 3.67. The van der Waals surface area contributed by atoms with Gasteiger partial charge in [0.15, 0.2) is 5.82 Å². The van der Waals surface area contributed by atoms with Crippen LogP contribution in [0.3, 0.4) is 0 Å². The average Bonchev–Trinajstić information content (AvgIpc) is 3.05. The highest BCUT2D eigenvalue weighted by molar-refractivity contribution is 5.95. The van der Waals surface area contributed by atoms with Crippen LogP contribution in [-0.2, 0) is 6.54 Å². The first-order valence-electron chi connectivity index (χ1n) is 7.59. The maximum Gasteiger partial charge on any atom is 0.243 e. The molecular weight excluding hydrogens is 302 g/mol. The van der Waals surface area contributed by atoms with Gasteiger partial charge in [-0.15, -0.1) is 5.10 Å². The Balaban J connectivity index is 1.64. The lowest BCUT2D eigenvalue weighted by atomic mass is 10.0. The van der Waals surface area contributed by atoms with Crippen LogP contribution < -0.4 is 5.32 Å². The van der Waals surface area contributed by atoms with Gasteiger partial charge in [-0.05, 0) is 17.7 Å². The van der Waals surface area contributed by atoms with Crippen molar-refractivity contribution in [2.24, 2.45) is 0 Å². The van der Waals surface area contributed by atoms with Gasteiger partial charge in [-0.1, -0.05) is 42.5 Å². The van der Waals surface area contributed by atoms with Gasteiger partial charge in [-0.2, -0.15) is 10.2 Å². The number of H-pyrrole nitrogens is 1. The van der Waals surface area contributed by atoms with Gasteiger partial charge in [0.1, 0.15) is 5.82 Å². The summed E-state index contributed by atoms with van der Waals surface area (Å²) in [6, 6.07) is 14.3. The van der Waals surface area contributed by atoms with Crippen LogP contribution in [0.1, 0.15) is 11.6 Å². The van der Waals surface area contributed by atoms with Crippen LogP contribution in [-0.4, -0.2) is 30.4 Å². The topological polar surface area (TPSA) is 92.3 Å². The van der Waals surface area contributed by atoms with Crippen molar-refractivity contribution < 1.29 is 0 Å². The summed E-state index contributed by atoms with van der Waals surface area (Å²) >= 11 is 0. The predicted octanol–water partition coefficient (Wildman–Crippen LogP) is 2.73. The Morgan fingerprint density at radius 3 is 2.79 bits per heavy atom. The van der Waals surface area contributed by atoms with Crippen molar-refractivity contribution in [2.75, 3.05) is 5.32 Å². The SMILES string of the molecule is Cc1nc(CNc2nncc(-c3cccc4ccccc34)n2)n[nH]1. The maximum atomic E-state index is 4.56. The van der Waals surface area contributed by atoms with Crippen LogP contribution in [0.15, 0.2) is 48.7 Å². The largest absolute Gasteiger partial charge is 0.346 e. The van der Waals surface area contributed by atoms with E-state index in [1.54, 1.807) is 6.20 Å². The van der Waals surface area contributed by atoms with Gasteiger partial charge >= 0.3 is 0 Å². The Bertz CT molecular complexity index is 988. The minimum Gasteiger partial charge on any atom is -0.346 e. The van der Waals surface area contributed by atoms with Crippen molar-refractivity contribution in [3.05, 3.63) is 60.3 Å². The Kier molecular flexibility index (Phi) is 3.59. The van der Waals surface area contributed by atoms with E-state index in [-0.39, 0.29) is 0 Å². The second-order valence-corrected chi connectivity index (χ2v) is 5.38. The van der Waals surface area contributed by atoms with Crippen molar-refractivity contribution >= 4 is 16.7 Å². The standard InChI is InChI=1S/C17H15N7/c1-11-20-16(23-22-11)10-18-17-21-15(9-19-24-17)14-8-4-6-12-5-2-3-7-13(12)14/h2-9H,10H2,1H3,(H,18,21,24)(H,20,22,23). The minimum absolute atomic E-state index is 0.436. The molecule has 4 aromatic rings. The zero-order valence-corrected chi connectivity index (χ0v) is 13.1. The summed E-state index contributed by atoms with van der Waals surface area (Å²) in [5, 5.41) is 20.4. The molecule has 7 heteroatoms. The molecule has 0 aliphatic heterocycles. The van der Waals surface area contributed by atoms with Crippen LogP contribution in [0.4, 0.5) is 5.95 Å². The third-order valence-electron chi connectivity index (χ3n) is 3.67. The van der Waals surface area contributed by atoms with Crippen LogP contribution in [0.25, 0.3) is 22.0 Å². The van der Waals surface area contributed by atoms with E-state index in [1.807, 2.05) is 31.2 Å². The number of aryl methyl sites for hydroxylation is 1. The second-order valence-electron chi connectivity index (χ2n) is 5.38. The summed E-state index contributed by atoms with van der Waals surface area (Å²) < 4.78 is 0. The number of benzene rings is 2. The van der Waals surface area contributed by atoms with Crippen molar-refractivity contribution in [3.63, 3.8) is 0 Å². The van der Waals surface area contributed by atoms with Crippen molar-refractivity contribution in [3.8, 4) is 11.3 Å². The van der Waals surface area contributed by atoms with E-state index in [9.17, 15) is 0 Å². The van der Waals surface area contributed by atoms with E-state index in [0.29, 0.717) is 18.3 Å². The smallest absolute Gasteiger partial charge is 0.243 e. The minimum atomic E-state index is 0.436. The molecule has 0 aliphatic carbocycles. The van der Waals surface area contributed by atoms with E-state index >= 15 is 0 Å². The number of aromatic amines is 1. The lowest BCUT2D eigenvalue weighted by Crippen LogP contribution is -2.06. The molecule has 0 spiro atoms. The summed E-state index contributed by atoms with van der Waals surface area (Å²) in [6.45, 7) is 2.29. The molecule has 2 aromatic heterocycles. The summed E-state index contributed by atoms with van der Waals surface area (Å²) in [4.78, 5) is 8.81. The number of aromatic nitrogens is 6. The number of anilines is 1. The summed E-state index contributed by atoms with van der Waals surface area (Å²) in [7, 11) is 0. The van der Waals surface area contributed by atoms with Crippen LogP contribution in [0, 0.1) is 6.92 Å². The highest BCUT2D eigenvalue weighted by Crippen LogP contribution is 2.26. The van der Waals surface area contributed by atoms with Crippen molar-refractivity contribution in [2.45, 2.75) is 13.5 Å². The Morgan fingerprint density at radius 2 is 1.92 bits per heavy atom. The average molecular weight is 317 g/mol. The molecule has 0 unspecified atom stereocenters. The van der Waals surface area contributed by atoms with Crippen LogP contribution in [0.2, 0.25) is 0 Å². The zero-order chi connectivity index (χ0) is 16.4. The molecule has 24 heavy (non-hydrogen) atoms. The van der Waals surface area contributed by atoms with Gasteiger partial charge < -0.3 is 5.32 Å². The number of hydrogen-bond acceptors (Lipinski definition) is 6. The highest BCUT2D eigenvalue weighted by atomic mass is 15.3. The number of rotatable bonds is 4. The van der Waals surface area contributed by atoms with Crippen molar-refractivity contribution in [1.29, 1.82) is 0 Å². The number of nitrogens with zero attached hydrogens (tertiary/aromatic N) is 5. The fraction of sp³-hybridized carbons (Fsp3) is 0.118. The number of hydrogen-bond donors (Lipinski definition) is 2. The fourth-order valence-electron chi connectivity index (χ4n) is 2.58. The van der Waals surface area contributed by atoms with E-state index in [4.69, 9.17) is 0 Å². The highest BCUT2D eigenvalue weighted by Gasteiger charge is 2.08. The van der Waals surface area contributed by atoms with E-state index in [1.165, 1.54) is 5.39 Å². The molecule has 0 saturated heterocycles. The fourth-order valence-corrected chi connectivity index (χ4v) is 2.58. The Labute approximate surface area is 138 Å². The molecule has 0 radical (unpaired) electrons. The van der Waals surface area contributed by atoms with Crippen molar-refractivity contribution in [1.82, 2.24) is 30.4 Å². The van der Waals surface area contributed by atoms with Gasteiger partial charge in [-0.3, -0.25) is 5.10 Å². The summed E-state index contributed by atoms with van der Waals surface area (Å²) in [5.74, 6) is 1.88. The quantitative estimate of drug-likeness (QED) is 0.601. The van der Waals surface area contributed by atoms with Crippen LogP contribution >= 0.6 is 0 Å². The molecule has 2 N–H and O–H groups in total. The molecule has 2 aromatic carbocycles. The third kappa shape index (κ3) is 2.79. The molecule has 0 bridgehead atoms. The number of nitrogens with one attached hydrogen (secondary N) is 2. The monoisotopic (exact) mass is 317 g/mol. The van der Waals surface area contributed by atoms with Gasteiger partial charge in [0.2, 0.25) is 5.95 Å². The van der Waals surface area contributed by atoms with Crippen LogP contribution in [0.5, 0.6) is 0 Å². The summed E-state index contributed by atoms with van der Waals surface area (Å²) in [5.41, 5.74) is 1.80. The molecule has 118 valence electrons. The Hall–Kier alpha value is -3.35. The Morgan fingerprint density at radius 1 is 1.04 bits per heavy atom. The molecule has 7 nitrogen and oxygen atoms in total. The normalized spacial score (nSPS) is 10.9. The lowest BCUT2D eigenvalue weighted by molar-refractivity contribution is 0.906. The van der Waals surface area contributed by atoms with Gasteiger partial charge in [0, 0.05) is 5.56 Å². The first kappa shape index (κ1) is 14.3. The molecule has 2 heterocycles. The predicted molar refractivity (Wildman–Crippen MR) is 91.2 cm³/mol. The van der Waals surface area contributed by atoms with Gasteiger partial charge in [-0.25, -0.2) is 9.97 Å². The molecule has 0 aliphatic rings. The number of fused-ring (bicyclic) bond motifs is 1. The first-order chi connectivity index (χ1) is 11.8. The molecule has 0 saturated carbocycles. The van der Waals surface area contributed by atoms with E-state index in [2.05, 4.69) is 53.9 Å². The van der Waals surface area contributed by atoms with E-state index < -0.39 is 0 Å². The zero-order valence-electron chi connectivity index (χ0n) is 13.1. The maximum absolute atomic E-state index is 4.56. The second kappa shape index (κ2) is 6.04. The van der Waals surface area contributed by atoms with E-state index in [0.717, 1.165) is 22.5 Å². The molecule has 0 fully saturated rings. The van der Waals surface area contributed by atoms with Gasteiger partial charge in [0.05, 0.1) is 18.4 Å². The molecule has 4 rings (SSSR count). The lowest BCUT2D eigenvalue weighted by Gasteiger charge is -2.07. The molecule has 0 amide bonds.